The molecule has 0 aromatic heterocycles. The van der Waals surface area contributed by atoms with Gasteiger partial charge in [0, 0.05) is 17.1 Å². The van der Waals surface area contributed by atoms with Gasteiger partial charge in [-0.25, -0.2) is 0 Å². The first kappa shape index (κ1) is 42.7. The van der Waals surface area contributed by atoms with Crippen LogP contribution < -0.4 is 24.9 Å². The van der Waals surface area contributed by atoms with E-state index in [2.05, 4.69) is 0 Å². The molecule has 0 rings (SSSR count). The van der Waals surface area contributed by atoms with E-state index in [1.54, 1.807) is 0 Å². The summed E-state index contributed by atoms with van der Waals surface area (Å²) in [6.07, 6.45) is 0. The van der Waals surface area contributed by atoms with Crippen LogP contribution in [0.5, 0.6) is 0 Å². The Balaban J connectivity index is -0.0000000180. The van der Waals surface area contributed by atoms with Gasteiger partial charge in [-0.2, -0.15) is 0 Å². The van der Waals surface area contributed by atoms with Crippen molar-refractivity contribution >= 4 is 92.9 Å². The molecule has 0 fully saturated rings. The quantitative estimate of drug-likeness (QED) is 0.339. The summed E-state index contributed by atoms with van der Waals surface area (Å²) in [6.45, 7) is 0. The molecular weight excluding hydrogens is 409 g/mol. The zero-order valence-corrected chi connectivity index (χ0v) is 16.8. The molecule has 103 valence electrons. The molecule has 0 aliphatic heterocycles. The Kier molecular flexibility index (Phi) is 272. The van der Waals surface area contributed by atoms with Gasteiger partial charge in [-0.1, -0.05) is 0 Å². The summed E-state index contributed by atoms with van der Waals surface area (Å²) in [7, 11) is 0. The third-order valence-corrected chi connectivity index (χ3v) is 0. The Labute approximate surface area is 156 Å². The molecular formula is Al6MnO12-6. The van der Waals surface area contributed by atoms with Crippen LogP contribution in [0.25, 0.3) is 0 Å². The third-order valence-electron chi connectivity index (χ3n) is 0. The van der Waals surface area contributed by atoms with E-state index in [1.165, 1.54) is 0 Å². The molecule has 0 atom stereocenters. The van der Waals surface area contributed by atoms with Crippen LogP contribution in [-0.2, 0) is 39.9 Å². The molecule has 12 nitrogen and oxygen atoms in total. The van der Waals surface area contributed by atoms with Gasteiger partial charge in [-0.3, -0.25) is 0 Å². The van der Waals surface area contributed by atoms with Crippen molar-refractivity contribution in [2.75, 3.05) is 0 Å². The van der Waals surface area contributed by atoms with Gasteiger partial charge in [0.2, 0.25) is 0 Å². The molecule has 0 saturated heterocycles. The SMILES string of the molecule is [Mn].[O]=[Al][O-].[O]=[Al][O-].[O]=[Al][O-].[O]=[Al][O-].[O]=[Al][O-].[O]=[Al][O-]. The average Bonchev–Trinajstić information content (AvgIpc) is 2.23. The summed E-state index contributed by atoms with van der Waals surface area (Å²) in [5.41, 5.74) is 0. The molecule has 0 N–H and O–H groups in total. The Bertz CT molecular complexity index is 114. The first-order valence-electron chi connectivity index (χ1n) is 2.83. The molecule has 0 aliphatic rings. The minimum absolute atomic E-state index is 0. The Morgan fingerprint density at radius 1 is 0.368 bits per heavy atom. The number of hydrogen-bond donors (Lipinski definition) is 0. The zero-order chi connectivity index (χ0) is 16.2. The van der Waals surface area contributed by atoms with Crippen LogP contribution in [0.2, 0.25) is 0 Å². The van der Waals surface area contributed by atoms with E-state index >= 15 is 0 Å². The fraction of sp³-hybridized carbons (Fsp3) is 0. The van der Waals surface area contributed by atoms with Crippen LogP contribution >= 0.6 is 0 Å². The van der Waals surface area contributed by atoms with E-state index in [0.717, 1.165) is 0 Å². The van der Waals surface area contributed by atoms with E-state index in [-0.39, 0.29) is 17.1 Å². The maximum atomic E-state index is 8.46. The molecule has 19 heteroatoms. The Hall–Kier alpha value is 1.31. The molecule has 0 saturated carbocycles. The second-order valence-electron chi connectivity index (χ2n) is 0.577. The summed E-state index contributed by atoms with van der Waals surface area (Å²) in [6, 6.07) is 0. The van der Waals surface area contributed by atoms with Crippen molar-refractivity contribution in [2.45, 2.75) is 0 Å². The van der Waals surface area contributed by atoms with Crippen molar-refractivity contribution in [2.24, 2.45) is 0 Å². The van der Waals surface area contributed by atoms with E-state index in [4.69, 9.17) is 47.8 Å². The second kappa shape index (κ2) is 121. The molecule has 0 heterocycles. The number of rotatable bonds is 0. The normalized spacial score (nSPS) is 2.53. The van der Waals surface area contributed by atoms with E-state index in [1.807, 2.05) is 0 Å². The summed E-state index contributed by atoms with van der Waals surface area (Å²) in [5, 5.41) is 0. The van der Waals surface area contributed by atoms with Crippen molar-refractivity contribution in [3.05, 3.63) is 0 Å². The molecule has 0 unspecified atom stereocenters. The van der Waals surface area contributed by atoms with Crippen molar-refractivity contribution in [3.63, 3.8) is 0 Å². The van der Waals surface area contributed by atoms with Gasteiger partial charge in [0.25, 0.3) is 0 Å². The van der Waals surface area contributed by atoms with Gasteiger partial charge < -0.3 is 0 Å². The van der Waals surface area contributed by atoms with Crippen LogP contribution in [0.1, 0.15) is 0 Å². The third kappa shape index (κ3) is 3350. The van der Waals surface area contributed by atoms with Crippen molar-refractivity contribution < 1.29 is 64.8 Å². The van der Waals surface area contributed by atoms with Gasteiger partial charge >= 0.3 is 141 Å². The van der Waals surface area contributed by atoms with Crippen LogP contribution in [0.3, 0.4) is 0 Å². The van der Waals surface area contributed by atoms with Crippen molar-refractivity contribution in [3.8, 4) is 0 Å². The van der Waals surface area contributed by atoms with Gasteiger partial charge in [0.05, 0.1) is 0 Å². The average molecular weight is 409 g/mol. The topological polar surface area (TPSA) is 241 Å². The van der Waals surface area contributed by atoms with Gasteiger partial charge in [0.1, 0.15) is 0 Å². The van der Waals surface area contributed by atoms with Crippen molar-refractivity contribution in [1.29, 1.82) is 0 Å². The molecule has 1 radical (unpaired) electrons. The van der Waals surface area contributed by atoms with E-state index in [9.17, 15) is 0 Å². The van der Waals surface area contributed by atoms with Gasteiger partial charge in [-0.15, -0.1) is 0 Å². The van der Waals surface area contributed by atoms with Crippen LogP contribution in [0.15, 0.2) is 0 Å². The van der Waals surface area contributed by atoms with Crippen LogP contribution in [0, 0.1) is 0 Å². The summed E-state index contributed by atoms with van der Waals surface area (Å²) < 4.78 is 101. The second-order valence-corrected chi connectivity index (χ2v) is 1.73. The maximum absolute atomic E-state index is 8.46. The zero-order valence-electron chi connectivity index (χ0n) is 8.74. The fourth-order valence-corrected chi connectivity index (χ4v) is 0. The van der Waals surface area contributed by atoms with Gasteiger partial charge in [0.15, 0.2) is 0 Å². The first-order valence-corrected chi connectivity index (χ1v) is 8.49. The fourth-order valence-electron chi connectivity index (χ4n) is 0. The molecule has 0 aliphatic carbocycles. The Morgan fingerprint density at radius 3 is 0.368 bits per heavy atom. The predicted molar refractivity (Wildman–Crippen MR) is 38.6 cm³/mol. The number of hydrogen-bond acceptors (Lipinski definition) is 12. The summed E-state index contributed by atoms with van der Waals surface area (Å²) in [4.78, 5) is 0. The van der Waals surface area contributed by atoms with Crippen LogP contribution in [0.4, 0.5) is 0 Å². The van der Waals surface area contributed by atoms with Gasteiger partial charge in [-0.05, 0) is 0 Å². The monoisotopic (exact) mass is 409 g/mol. The van der Waals surface area contributed by atoms with Crippen LogP contribution in [-0.4, -0.2) is 92.9 Å². The minimum atomic E-state index is -1.75. The first-order chi connectivity index (χ1) is 8.49. The van der Waals surface area contributed by atoms with E-state index < -0.39 is 92.9 Å². The Morgan fingerprint density at radius 2 is 0.368 bits per heavy atom. The molecule has 0 spiro atoms. The standard InChI is InChI=1S/6Al.Mn.12O/q;;;;;;;;;;;;;6*-1. The summed E-state index contributed by atoms with van der Waals surface area (Å²) >= 11 is -10.5. The molecule has 0 bridgehead atoms. The molecule has 0 amide bonds. The van der Waals surface area contributed by atoms with E-state index in [0.29, 0.717) is 0 Å². The summed E-state index contributed by atoms with van der Waals surface area (Å²) in [5.74, 6) is 0. The predicted octanol–water partition coefficient (Wildman–Crippen LogP) is -10.1. The van der Waals surface area contributed by atoms with Crippen molar-refractivity contribution in [1.82, 2.24) is 0 Å². The molecule has 19 heavy (non-hydrogen) atoms. The molecule has 0 aromatic carbocycles. The molecule has 0 aromatic rings.